The van der Waals surface area contributed by atoms with E-state index in [1.54, 1.807) is 17.5 Å². The predicted molar refractivity (Wildman–Crippen MR) is 67.6 cm³/mol. The Balaban J connectivity index is 2.50. The largest absolute Gasteiger partial charge is 0.292 e. The number of carbonyl (C=O) groups is 1. The molecule has 0 aliphatic carbocycles. The monoisotopic (exact) mass is 271 g/mol. The highest BCUT2D eigenvalue weighted by Crippen LogP contribution is 2.33. The zero-order chi connectivity index (χ0) is 11.7. The van der Waals surface area contributed by atoms with E-state index >= 15 is 0 Å². The maximum Gasteiger partial charge on any atom is 0.188 e. The number of halogens is 2. The molecule has 0 atom stereocenters. The lowest BCUT2D eigenvalue weighted by Crippen LogP contribution is -1.90. The Labute approximate surface area is 107 Å². The van der Waals surface area contributed by atoms with Crippen molar-refractivity contribution in [3.05, 3.63) is 38.6 Å². The van der Waals surface area contributed by atoms with Crippen molar-refractivity contribution < 1.29 is 4.79 Å². The van der Waals surface area contributed by atoms with Gasteiger partial charge in [0.15, 0.2) is 10.8 Å². The molecule has 0 aliphatic rings. The molecule has 0 unspecified atom stereocenters. The molecule has 82 valence electrons. The number of thiazole rings is 1. The van der Waals surface area contributed by atoms with Gasteiger partial charge in [0.1, 0.15) is 0 Å². The second kappa shape index (κ2) is 4.53. The Morgan fingerprint density at radius 3 is 2.75 bits per heavy atom. The minimum Gasteiger partial charge on any atom is -0.292 e. The topological polar surface area (TPSA) is 30.0 Å². The molecule has 0 N–H and O–H groups in total. The van der Waals surface area contributed by atoms with Crippen LogP contribution in [-0.4, -0.2) is 10.8 Å². The predicted octanol–water partition coefficient (Wildman–Crippen LogP) is 4.32. The van der Waals surface area contributed by atoms with Crippen molar-refractivity contribution >= 4 is 40.3 Å². The SMILES string of the molecule is CC(=O)c1nc(-c2cccc(Cl)c2Cl)cs1. The molecule has 0 bridgehead atoms. The molecule has 16 heavy (non-hydrogen) atoms. The lowest BCUT2D eigenvalue weighted by Gasteiger charge is -2.01. The van der Waals surface area contributed by atoms with Gasteiger partial charge in [-0.25, -0.2) is 4.98 Å². The number of benzene rings is 1. The Morgan fingerprint density at radius 1 is 1.38 bits per heavy atom. The zero-order valence-electron chi connectivity index (χ0n) is 8.33. The molecule has 1 heterocycles. The summed E-state index contributed by atoms with van der Waals surface area (Å²) < 4.78 is 0. The first kappa shape index (κ1) is 11.6. The molecule has 2 aromatic rings. The number of hydrogen-bond donors (Lipinski definition) is 0. The van der Waals surface area contributed by atoms with Crippen molar-refractivity contribution in [3.8, 4) is 11.3 Å². The number of aromatic nitrogens is 1. The van der Waals surface area contributed by atoms with Gasteiger partial charge in [-0.15, -0.1) is 11.3 Å². The van der Waals surface area contributed by atoms with E-state index in [4.69, 9.17) is 23.2 Å². The van der Waals surface area contributed by atoms with Crippen LogP contribution < -0.4 is 0 Å². The highest BCUT2D eigenvalue weighted by molar-refractivity contribution is 7.12. The number of nitrogens with zero attached hydrogens (tertiary/aromatic N) is 1. The van der Waals surface area contributed by atoms with Gasteiger partial charge in [0.2, 0.25) is 0 Å². The van der Waals surface area contributed by atoms with Crippen molar-refractivity contribution in [2.75, 3.05) is 0 Å². The summed E-state index contributed by atoms with van der Waals surface area (Å²) in [5.74, 6) is -0.0469. The number of ketones is 1. The van der Waals surface area contributed by atoms with Gasteiger partial charge < -0.3 is 0 Å². The number of rotatable bonds is 2. The number of Topliss-reactive ketones (excluding diaryl/α,β-unsaturated/α-hetero) is 1. The van der Waals surface area contributed by atoms with Crippen LogP contribution in [0.15, 0.2) is 23.6 Å². The third-order valence-corrected chi connectivity index (χ3v) is 3.79. The summed E-state index contributed by atoms with van der Waals surface area (Å²) >= 11 is 13.3. The Bertz CT molecular complexity index is 551. The van der Waals surface area contributed by atoms with Crippen LogP contribution >= 0.6 is 34.5 Å². The van der Waals surface area contributed by atoms with Crippen molar-refractivity contribution in [2.24, 2.45) is 0 Å². The summed E-state index contributed by atoms with van der Waals surface area (Å²) in [5, 5.41) is 3.22. The summed E-state index contributed by atoms with van der Waals surface area (Å²) in [6.45, 7) is 1.49. The van der Waals surface area contributed by atoms with Crippen molar-refractivity contribution in [2.45, 2.75) is 6.92 Å². The number of hydrogen-bond acceptors (Lipinski definition) is 3. The van der Waals surface area contributed by atoms with E-state index in [1.165, 1.54) is 18.3 Å². The lowest BCUT2D eigenvalue weighted by atomic mass is 10.2. The van der Waals surface area contributed by atoms with Gasteiger partial charge in [-0.05, 0) is 6.07 Å². The van der Waals surface area contributed by atoms with Crippen molar-refractivity contribution in [1.82, 2.24) is 4.98 Å². The fourth-order valence-electron chi connectivity index (χ4n) is 1.26. The minimum absolute atomic E-state index is 0.0469. The Kier molecular flexibility index (Phi) is 3.28. The van der Waals surface area contributed by atoms with E-state index in [-0.39, 0.29) is 5.78 Å². The summed E-state index contributed by atoms with van der Waals surface area (Å²) in [6, 6.07) is 5.34. The first-order valence-corrected chi connectivity index (χ1v) is 6.14. The summed E-state index contributed by atoms with van der Waals surface area (Å²) in [6.07, 6.45) is 0. The molecular formula is C11H7Cl2NOS. The second-order valence-corrected chi connectivity index (χ2v) is 4.84. The van der Waals surface area contributed by atoms with Gasteiger partial charge in [0, 0.05) is 17.9 Å². The van der Waals surface area contributed by atoms with E-state index in [9.17, 15) is 4.79 Å². The van der Waals surface area contributed by atoms with Crippen LogP contribution in [0.3, 0.4) is 0 Å². The molecule has 2 rings (SSSR count). The van der Waals surface area contributed by atoms with Gasteiger partial charge >= 0.3 is 0 Å². The molecule has 2 nitrogen and oxygen atoms in total. The van der Waals surface area contributed by atoms with Crippen LogP contribution in [0.4, 0.5) is 0 Å². The maximum atomic E-state index is 11.1. The molecule has 0 saturated carbocycles. The van der Waals surface area contributed by atoms with E-state index in [0.717, 1.165) is 5.56 Å². The molecular weight excluding hydrogens is 265 g/mol. The van der Waals surface area contributed by atoms with Crippen LogP contribution in [-0.2, 0) is 0 Å². The molecule has 5 heteroatoms. The standard InChI is InChI=1S/C11H7Cl2NOS/c1-6(15)11-14-9(5-16-11)7-3-2-4-8(12)10(7)13/h2-5H,1H3. The van der Waals surface area contributed by atoms with Crippen molar-refractivity contribution in [3.63, 3.8) is 0 Å². The highest BCUT2D eigenvalue weighted by Gasteiger charge is 2.11. The lowest BCUT2D eigenvalue weighted by molar-refractivity contribution is 0.101. The van der Waals surface area contributed by atoms with Crippen LogP contribution in [0.25, 0.3) is 11.3 Å². The van der Waals surface area contributed by atoms with Gasteiger partial charge in [0.25, 0.3) is 0 Å². The smallest absolute Gasteiger partial charge is 0.188 e. The summed E-state index contributed by atoms with van der Waals surface area (Å²) in [7, 11) is 0. The van der Waals surface area contributed by atoms with E-state index < -0.39 is 0 Å². The molecule has 0 saturated heterocycles. The average Bonchev–Trinajstić information content (AvgIpc) is 2.71. The molecule has 0 fully saturated rings. The number of carbonyl (C=O) groups excluding carboxylic acids is 1. The van der Waals surface area contributed by atoms with Crippen molar-refractivity contribution in [1.29, 1.82) is 0 Å². The fourth-order valence-corrected chi connectivity index (χ4v) is 2.38. The normalized spacial score (nSPS) is 10.4. The Hall–Kier alpha value is -0.900. The molecule has 0 spiro atoms. The fraction of sp³-hybridized carbons (Fsp3) is 0.0909. The molecule has 0 radical (unpaired) electrons. The highest BCUT2D eigenvalue weighted by atomic mass is 35.5. The summed E-state index contributed by atoms with van der Waals surface area (Å²) in [5.41, 5.74) is 1.43. The van der Waals surface area contributed by atoms with E-state index in [2.05, 4.69) is 4.98 Å². The first-order valence-electron chi connectivity index (χ1n) is 4.50. The molecule has 1 aromatic heterocycles. The van der Waals surface area contributed by atoms with E-state index in [1.807, 2.05) is 6.07 Å². The van der Waals surface area contributed by atoms with Crippen LogP contribution in [0.2, 0.25) is 10.0 Å². The van der Waals surface area contributed by atoms with Crippen LogP contribution in [0.1, 0.15) is 16.7 Å². The first-order chi connectivity index (χ1) is 7.59. The van der Waals surface area contributed by atoms with E-state index in [0.29, 0.717) is 20.7 Å². The van der Waals surface area contributed by atoms with Gasteiger partial charge in [0.05, 0.1) is 15.7 Å². The van der Waals surface area contributed by atoms with Crippen LogP contribution in [0, 0.1) is 0 Å². The molecule has 0 amide bonds. The maximum absolute atomic E-state index is 11.1. The summed E-state index contributed by atoms with van der Waals surface area (Å²) in [4.78, 5) is 15.3. The quantitative estimate of drug-likeness (QED) is 0.762. The third kappa shape index (κ3) is 2.12. The second-order valence-electron chi connectivity index (χ2n) is 3.20. The minimum atomic E-state index is -0.0469. The zero-order valence-corrected chi connectivity index (χ0v) is 10.7. The molecule has 1 aromatic carbocycles. The van der Waals surface area contributed by atoms with Gasteiger partial charge in [-0.3, -0.25) is 4.79 Å². The van der Waals surface area contributed by atoms with Crippen LogP contribution in [0.5, 0.6) is 0 Å². The van der Waals surface area contributed by atoms with Gasteiger partial charge in [-0.2, -0.15) is 0 Å². The average molecular weight is 272 g/mol. The third-order valence-electron chi connectivity index (χ3n) is 2.03. The van der Waals surface area contributed by atoms with Gasteiger partial charge in [-0.1, -0.05) is 35.3 Å². The molecule has 0 aliphatic heterocycles. The Morgan fingerprint density at radius 2 is 2.12 bits per heavy atom.